The van der Waals surface area contributed by atoms with Crippen molar-refractivity contribution in [2.45, 2.75) is 52.6 Å². The van der Waals surface area contributed by atoms with Gasteiger partial charge in [0, 0.05) is 25.7 Å². The van der Waals surface area contributed by atoms with E-state index in [0.717, 1.165) is 25.7 Å². The van der Waals surface area contributed by atoms with Gasteiger partial charge < -0.3 is 5.32 Å². The van der Waals surface area contributed by atoms with Gasteiger partial charge in [-0.15, -0.1) is 0 Å². The van der Waals surface area contributed by atoms with E-state index >= 15 is 0 Å². The number of nitrogens with zero attached hydrogens (tertiary/aromatic N) is 1. The average Bonchev–Trinajstić information content (AvgIpc) is 3.08. The smallest absolute Gasteiger partial charge is 0.0245 e. The fourth-order valence-corrected chi connectivity index (χ4v) is 3.24. The van der Waals surface area contributed by atoms with Gasteiger partial charge in [-0.25, -0.2) is 0 Å². The van der Waals surface area contributed by atoms with E-state index in [4.69, 9.17) is 0 Å². The zero-order chi connectivity index (χ0) is 13.7. The van der Waals surface area contributed by atoms with Gasteiger partial charge in [0.15, 0.2) is 0 Å². The van der Waals surface area contributed by atoms with Gasteiger partial charge in [0.2, 0.25) is 0 Å². The van der Waals surface area contributed by atoms with Crippen LogP contribution < -0.4 is 5.32 Å². The first-order chi connectivity index (χ1) is 9.11. The number of hydrogen-bond donors (Lipinski definition) is 1. The van der Waals surface area contributed by atoms with Crippen molar-refractivity contribution in [1.29, 1.82) is 0 Å². The SMILES string of the molecule is CCCNCC(C)(C)CN(Cc1ccsc1)C1CC1. The summed E-state index contributed by atoms with van der Waals surface area (Å²) in [4.78, 5) is 2.69. The topological polar surface area (TPSA) is 15.3 Å². The van der Waals surface area contributed by atoms with Gasteiger partial charge in [-0.1, -0.05) is 20.8 Å². The van der Waals surface area contributed by atoms with Crippen molar-refractivity contribution < 1.29 is 0 Å². The highest BCUT2D eigenvalue weighted by Gasteiger charge is 2.32. The van der Waals surface area contributed by atoms with Crippen LogP contribution in [0.2, 0.25) is 0 Å². The summed E-state index contributed by atoms with van der Waals surface area (Å²) in [6, 6.07) is 3.10. The molecule has 1 fully saturated rings. The molecule has 3 heteroatoms. The lowest BCUT2D eigenvalue weighted by Gasteiger charge is -2.33. The third kappa shape index (κ3) is 5.25. The normalized spacial score (nSPS) is 16.2. The summed E-state index contributed by atoms with van der Waals surface area (Å²) in [6.45, 7) is 11.6. The van der Waals surface area contributed by atoms with Crippen molar-refractivity contribution in [3.05, 3.63) is 22.4 Å². The van der Waals surface area contributed by atoms with Crippen LogP contribution in [-0.4, -0.2) is 30.6 Å². The van der Waals surface area contributed by atoms with Crippen LogP contribution in [-0.2, 0) is 6.54 Å². The van der Waals surface area contributed by atoms with E-state index in [1.54, 1.807) is 0 Å². The minimum Gasteiger partial charge on any atom is -0.316 e. The molecule has 108 valence electrons. The Morgan fingerprint density at radius 1 is 1.42 bits per heavy atom. The van der Waals surface area contributed by atoms with E-state index in [9.17, 15) is 0 Å². The maximum Gasteiger partial charge on any atom is 0.0245 e. The van der Waals surface area contributed by atoms with Crippen LogP contribution in [0.25, 0.3) is 0 Å². The summed E-state index contributed by atoms with van der Waals surface area (Å²) in [6.07, 6.45) is 4.00. The first-order valence-electron chi connectivity index (χ1n) is 7.56. The molecule has 0 aliphatic heterocycles. The largest absolute Gasteiger partial charge is 0.316 e. The second-order valence-corrected chi connectivity index (χ2v) is 7.39. The molecule has 1 aromatic rings. The van der Waals surface area contributed by atoms with Crippen LogP contribution in [0.3, 0.4) is 0 Å². The monoisotopic (exact) mass is 280 g/mol. The van der Waals surface area contributed by atoms with E-state index in [0.29, 0.717) is 5.41 Å². The molecule has 2 rings (SSSR count). The molecular formula is C16H28N2S. The first kappa shape index (κ1) is 15.0. The molecule has 0 aromatic carbocycles. The van der Waals surface area contributed by atoms with Gasteiger partial charge in [-0.05, 0) is 53.6 Å². The van der Waals surface area contributed by atoms with Gasteiger partial charge >= 0.3 is 0 Å². The second-order valence-electron chi connectivity index (χ2n) is 6.61. The molecule has 0 atom stereocenters. The molecule has 2 nitrogen and oxygen atoms in total. The second kappa shape index (κ2) is 6.87. The molecule has 1 N–H and O–H groups in total. The van der Waals surface area contributed by atoms with Gasteiger partial charge in [-0.3, -0.25) is 4.90 Å². The Bertz CT molecular complexity index is 355. The van der Waals surface area contributed by atoms with Crippen molar-refractivity contribution in [2.75, 3.05) is 19.6 Å². The highest BCUT2D eigenvalue weighted by molar-refractivity contribution is 7.07. The molecular weight excluding hydrogens is 252 g/mol. The summed E-state index contributed by atoms with van der Waals surface area (Å²) in [7, 11) is 0. The summed E-state index contributed by atoms with van der Waals surface area (Å²) in [5, 5.41) is 8.05. The summed E-state index contributed by atoms with van der Waals surface area (Å²) < 4.78 is 0. The molecule has 0 radical (unpaired) electrons. The Hall–Kier alpha value is -0.380. The standard InChI is InChI=1S/C16H28N2S/c1-4-8-17-12-16(2,3)13-18(15-5-6-15)10-14-7-9-19-11-14/h7,9,11,15,17H,4-6,8,10,12-13H2,1-3H3. The van der Waals surface area contributed by atoms with Crippen LogP contribution in [0.1, 0.15) is 45.6 Å². The minimum atomic E-state index is 0.355. The molecule has 0 saturated heterocycles. The van der Waals surface area contributed by atoms with Crippen LogP contribution in [0.4, 0.5) is 0 Å². The molecule has 1 aromatic heterocycles. The van der Waals surface area contributed by atoms with Gasteiger partial charge in [-0.2, -0.15) is 11.3 Å². The molecule has 19 heavy (non-hydrogen) atoms. The van der Waals surface area contributed by atoms with E-state index in [1.807, 2.05) is 11.3 Å². The highest BCUT2D eigenvalue weighted by atomic mass is 32.1. The molecule has 1 aliphatic rings. The number of rotatable bonds is 9. The fourth-order valence-electron chi connectivity index (χ4n) is 2.58. The van der Waals surface area contributed by atoms with E-state index < -0.39 is 0 Å². The third-order valence-corrected chi connectivity index (χ3v) is 4.42. The molecule has 1 aliphatic carbocycles. The van der Waals surface area contributed by atoms with Crippen LogP contribution >= 0.6 is 11.3 Å². The molecule has 0 unspecified atom stereocenters. The van der Waals surface area contributed by atoms with Gasteiger partial charge in [0.25, 0.3) is 0 Å². The predicted octanol–water partition coefficient (Wildman–Crippen LogP) is 3.74. The quantitative estimate of drug-likeness (QED) is 0.693. The number of nitrogens with one attached hydrogen (secondary N) is 1. The fraction of sp³-hybridized carbons (Fsp3) is 0.750. The summed E-state index contributed by atoms with van der Waals surface area (Å²) in [5.41, 5.74) is 1.84. The van der Waals surface area contributed by atoms with Crippen LogP contribution in [0.5, 0.6) is 0 Å². The molecule has 1 saturated carbocycles. The highest BCUT2D eigenvalue weighted by Crippen LogP contribution is 2.31. The zero-order valence-electron chi connectivity index (χ0n) is 12.6. The summed E-state index contributed by atoms with van der Waals surface area (Å²) in [5.74, 6) is 0. The van der Waals surface area contributed by atoms with Crippen LogP contribution in [0, 0.1) is 5.41 Å². The van der Waals surface area contributed by atoms with E-state index in [1.165, 1.54) is 31.4 Å². The lowest BCUT2D eigenvalue weighted by Crippen LogP contribution is -2.41. The van der Waals surface area contributed by atoms with Crippen molar-refractivity contribution >= 4 is 11.3 Å². The van der Waals surface area contributed by atoms with Crippen LogP contribution in [0.15, 0.2) is 16.8 Å². The van der Waals surface area contributed by atoms with E-state index in [2.05, 4.69) is 47.8 Å². The average molecular weight is 280 g/mol. The molecule has 0 spiro atoms. The first-order valence-corrected chi connectivity index (χ1v) is 8.51. The minimum absolute atomic E-state index is 0.355. The lowest BCUT2D eigenvalue weighted by molar-refractivity contribution is 0.160. The predicted molar refractivity (Wildman–Crippen MR) is 84.7 cm³/mol. The Morgan fingerprint density at radius 3 is 2.79 bits per heavy atom. The van der Waals surface area contributed by atoms with Crippen molar-refractivity contribution in [3.63, 3.8) is 0 Å². The van der Waals surface area contributed by atoms with E-state index in [-0.39, 0.29) is 0 Å². The number of hydrogen-bond acceptors (Lipinski definition) is 3. The number of thiophene rings is 1. The summed E-state index contributed by atoms with van der Waals surface area (Å²) >= 11 is 1.81. The lowest BCUT2D eigenvalue weighted by atomic mass is 9.92. The van der Waals surface area contributed by atoms with Gasteiger partial charge in [0.1, 0.15) is 0 Å². The zero-order valence-corrected chi connectivity index (χ0v) is 13.4. The molecule has 0 bridgehead atoms. The Labute approximate surface area is 122 Å². The maximum atomic E-state index is 3.57. The molecule has 1 heterocycles. The van der Waals surface area contributed by atoms with Crippen molar-refractivity contribution in [3.8, 4) is 0 Å². The third-order valence-electron chi connectivity index (χ3n) is 3.69. The molecule has 0 amide bonds. The maximum absolute atomic E-state index is 3.57. The Kier molecular flexibility index (Phi) is 5.43. The Balaban J connectivity index is 1.85. The van der Waals surface area contributed by atoms with Gasteiger partial charge in [0.05, 0.1) is 0 Å². The van der Waals surface area contributed by atoms with Crippen molar-refractivity contribution in [1.82, 2.24) is 10.2 Å². The Morgan fingerprint density at radius 2 is 2.21 bits per heavy atom. The van der Waals surface area contributed by atoms with Crippen molar-refractivity contribution in [2.24, 2.45) is 5.41 Å².